The van der Waals surface area contributed by atoms with E-state index in [-0.39, 0.29) is 5.97 Å². The Hall–Kier alpha value is -0.160. The predicted molar refractivity (Wildman–Crippen MR) is 48.9 cm³/mol. The standard InChI is InChI=1S/C6H5Br2NO2/c1-11-6(10)3-2-4(7)9-5(3)8/h2H2,1H3. The van der Waals surface area contributed by atoms with Crippen LogP contribution in [0, 0.1) is 0 Å². The molecular weight excluding hydrogens is 278 g/mol. The van der Waals surface area contributed by atoms with Gasteiger partial charge in [-0.2, -0.15) is 0 Å². The van der Waals surface area contributed by atoms with Gasteiger partial charge in [-0.05, 0) is 31.9 Å². The van der Waals surface area contributed by atoms with Gasteiger partial charge in [0.1, 0.15) is 4.61 Å². The molecule has 11 heavy (non-hydrogen) atoms. The first-order chi connectivity index (χ1) is 5.15. The molecule has 0 aromatic carbocycles. The Kier molecular flexibility index (Phi) is 2.84. The highest BCUT2D eigenvalue weighted by molar-refractivity contribution is 9.18. The van der Waals surface area contributed by atoms with E-state index < -0.39 is 0 Å². The summed E-state index contributed by atoms with van der Waals surface area (Å²) in [5.74, 6) is -0.338. The fourth-order valence-corrected chi connectivity index (χ4v) is 1.92. The molecule has 0 spiro atoms. The summed E-state index contributed by atoms with van der Waals surface area (Å²) in [7, 11) is 1.35. The van der Waals surface area contributed by atoms with Crippen LogP contribution >= 0.6 is 31.9 Å². The zero-order chi connectivity index (χ0) is 8.43. The molecule has 60 valence electrons. The van der Waals surface area contributed by atoms with Crippen molar-refractivity contribution in [3.8, 4) is 0 Å². The molecular formula is C6H5Br2NO2. The van der Waals surface area contributed by atoms with E-state index in [9.17, 15) is 4.79 Å². The topological polar surface area (TPSA) is 38.7 Å². The van der Waals surface area contributed by atoms with E-state index in [1.54, 1.807) is 0 Å². The van der Waals surface area contributed by atoms with Crippen molar-refractivity contribution >= 4 is 42.5 Å². The SMILES string of the molecule is COC(=O)C1=C(Br)N=C(Br)C1. The van der Waals surface area contributed by atoms with Crippen LogP contribution in [-0.2, 0) is 9.53 Å². The second-order valence-electron chi connectivity index (χ2n) is 1.93. The molecule has 0 fully saturated rings. The summed E-state index contributed by atoms with van der Waals surface area (Å²) in [5.41, 5.74) is 0.555. The number of hydrogen-bond donors (Lipinski definition) is 0. The van der Waals surface area contributed by atoms with Crippen molar-refractivity contribution in [2.45, 2.75) is 6.42 Å². The summed E-state index contributed by atoms with van der Waals surface area (Å²) in [4.78, 5) is 14.9. The van der Waals surface area contributed by atoms with Crippen molar-refractivity contribution in [3.05, 3.63) is 10.2 Å². The Morgan fingerprint density at radius 2 is 2.27 bits per heavy atom. The Labute approximate surface area is 80.8 Å². The minimum absolute atomic E-state index is 0.338. The van der Waals surface area contributed by atoms with E-state index in [0.717, 1.165) is 4.62 Å². The molecule has 1 heterocycles. The van der Waals surface area contributed by atoms with Gasteiger partial charge in [0.15, 0.2) is 0 Å². The number of rotatable bonds is 1. The molecule has 5 heteroatoms. The maximum atomic E-state index is 11.0. The molecule has 1 rings (SSSR count). The van der Waals surface area contributed by atoms with Crippen LogP contribution in [0.3, 0.4) is 0 Å². The second kappa shape index (κ2) is 3.49. The third-order valence-corrected chi connectivity index (χ3v) is 2.34. The Bertz CT molecular complexity index is 257. The van der Waals surface area contributed by atoms with Crippen LogP contribution in [0.4, 0.5) is 0 Å². The van der Waals surface area contributed by atoms with Gasteiger partial charge in [0, 0.05) is 6.42 Å². The van der Waals surface area contributed by atoms with Crippen molar-refractivity contribution in [1.82, 2.24) is 0 Å². The molecule has 0 amide bonds. The normalized spacial score (nSPS) is 16.8. The van der Waals surface area contributed by atoms with E-state index >= 15 is 0 Å². The summed E-state index contributed by atoms with van der Waals surface area (Å²) in [5, 5.41) is 0. The minimum atomic E-state index is -0.338. The molecule has 0 radical (unpaired) electrons. The van der Waals surface area contributed by atoms with Crippen molar-refractivity contribution in [2.24, 2.45) is 4.99 Å². The van der Waals surface area contributed by atoms with Crippen LogP contribution < -0.4 is 0 Å². The molecule has 0 N–H and O–H groups in total. The maximum Gasteiger partial charge on any atom is 0.336 e. The van der Waals surface area contributed by atoms with Crippen molar-refractivity contribution in [2.75, 3.05) is 7.11 Å². The molecule has 0 unspecified atom stereocenters. The molecule has 0 bridgehead atoms. The molecule has 0 saturated heterocycles. The lowest BCUT2D eigenvalue weighted by Crippen LogP contribution is -2.04. The second-order valence-corrected chi connectivity index (χ2v) is 3.59. The lowest BCUT2D eigenvalue weighted by molar-refractivity contribution is -0.136. The fraction of sp³-hybridized carbons (Fsp3) is 0.333. The van der Waals surface area contributed by atoms with Crippen molar-refractivity contribution < 1.29 is 9.53 Å². The van der Waals surface area contributed by atoms with Crippen molar-refractivity contribution in [1.29, 1.82) is 0 Å². The van der Waals surface area contributed by atoms with E-state index in [0.29, 0.717) is 16.6 Å². The van der Waals surface area contributed by atoms with Crippen molar-refractivity contribution in [3.63, 3.8) is 0 Å². The highest BCUT2D eigenvalue weighted by atomic mass is 79.9. The highest BCUT2D eigenvalue weighted by Crippen LogP contribution is 2.27. The van der Waals surface area contributed by atoms with E-state index in [1.807, 2.05) is 0 Å². The lowest BCUT2D eigenvalue weighted by atomic mass is 10.2. The first-order valence-electron chi connectivity index (χ1n) is 2.85. The zero-order valence-corrected chi connectivity index (χ0v) is 8.90. The van der Waals surface area contributed by atoms with Gasteiger partial charge in [-0.25, -0.2) is 9.79 Å². The van der Waals surface area contributed by atoms with Crippen LogP contribution in [0.1, 0.15) is 6.42 Å². The number of methoxy groups -OCH3 is 1. The van der Waals surface area contributed by atoms with Gasteiger partial charge in [0.2, 0.25) is 0 Å². The van der Waals surface area contributed by atoms with Crippen LogP contribution in [0.5, 0.6) is 0 Å². The number of hydrogen-bond acceptors (Lipinski definition) is 3. The van der Waals surface area contributed by atoms with E-state index in [2.05, 4.69) is 41.6 Å². The molecule has 1 aliphatic rings. The number of esters is 1. The maximum absolute atomic E-state index is 11.0. The fourth-order valence-electron chi connectivity index (χ4n) is 0.712. The first kappa shape index (κ1) is 8.93. The third kappa shape index (κ3) is 1.90. The predicted octanol–water partition coefficient (Wildman–Crippen LogP) is 1.96. The number of carbonyl (C=O) groups is 1. The zero-order valence-electron chi connectivity index (χ0n) is 5.73. The van der Waals surface area contributed by atoms with Crippen LogP contribution in [0.25, 0.3) is 0 Å². The van der Waals surface area contributed by atoms with Gasteiger partial charge >= 0.3 is 5.97 Å². The third-order valence-electron chi connectivity index (χ3n) is 1.22. The Morgan fingerprint density at radius 3 is 2.64 bits per heavy atom. The summed E-state index contributed by atoms with van der Waals surface area (Å²) in [6, 6.07) is 0. The molecule has 1 aliphatic heterocycles. The minimum Gasteiger partial charge on any atom is -0.466 e. The monoisotopic (exact) mass is 281 g/mol. The number of halogens is 2. The van der Waals surface area contributed by atoms with E-state index in [4.69, 9.17) is 0 Å². The molecule has 0 aromatic heterocycles. The Balaban J connectivity index is 2.79. The highest BCUT2D eigenvalue weighted by Gasteiger charge is 2.21. The van der Waals surface area contributed by atoms with Gasteiger partial charge in [-0.15, -0.1) is 0 Å². The smallest absolute Gasteiger partial charge is 0.336 e. The van der Waals surface area contributed by atoms with Crippen LogP contribution in [-0.4, -0.2) is 17.7 Å². The Morgan fingerprint density at radius 1 is 1.64 bits per heavy atom. The van der Waals surface area contributed by atoms with E-state index in [1.165, 1.54) is 7.11 Å². The molecule has 0 aromatic rings. The summed E-state index contributed by atoms with van der Waals surface area (Å²) in [6.07, 6.45) is 0.507. The quantitative estimate of drug-likeness (QED) is 0.545. The first-order valence-corrected chi connectivity index (χ1v) is 4.43. The average Bonchev–Trinajstić information content (AvgIpc) is 2.28. The lowest BCUT2D eigenvalue weighted by Gasteiger charge is -1.97. The summed E-state index contributed by atoms with van der Waals surface area (Å²) >= 11 is 6.33. The number of aliphatic imine (C=N–C) groups is 1. The van der Waals surface area contributed by atoms with Crippen LogP contribution in [0.15, 0.2) is 15.2 Å². The summed E-state index contributed by atoms with van der Waals surface area (Å²) in [6.45, 7) is 0. The molecule has 0 aliphatic carbocycles. The number of carbonyl (C=O) groups excluding carboxylic acids is 1. The molecule has 0 atom stereocenters. The largest absolute Gasteiger partial charge is 0.466 e. The van der Waals surface area contributed by atoms with Gasteiger partial charge in [0.05, 0.1) is 17.3 Å². The number of nitrogens with zero attached hydrogens (tertiary/aromatic N) is 1. The van der Waals surface area contributed by atoms with Gasteiger partial charge in [-0.3, -0.25) is 0 Å². The van der Waals surface area contributed by atoms with Gasteiger partial charge < -0.3 is 4.74 Å². The van der Waals surface area contributed by atoms with Gasteiger partial charge in [0.25, 0.3) is 0 Å². The van der Waals surface area contributed by atoms with Gasteiger partial charge in [-0.1, -0.05) is 0 Å². The molecule has 3 nitrogen and oxygen atoms in total. The average molecular weight is 283 g/mol. The number of ether oxygens (including phenoxy) is 1. The molecule has 0 saturated carbocycles. The summed E-state index contributed by atoms with van der Waals surface area (Å²) < 4.78 is 5.82. The van der Waals surface area contributed by atoms with Crippen LogP contribution in [0.2, 0.25) is 0 Å².